The van der Waals surface area contributed by atoms with E-state index in [2.05, 4.69) is 54.8 Å². The van der Waals surface area contributed by atoms with E-state index in [1.165, 1.54) is 48.4 Å². The molecule has 0 aliphatic heterocycles. The summed E-state index contributed by atoms with van der Waals surface area (Å²) in [6.07, 6.45) is 7.10. The van der Waals surface area contributed by atoms with Gasteiger partial charge in [-0.1, -0.05) is 48.9 Å². The molecule has 1 nitrogen and oxygen atoms in total. The first-order valence-corrected chi connectivity index (χ1v) is 8.49. The van der Waals surface area contributed by atoms with Crippen molar-refractivity contribution in [3.63, 3.8) is 0 Å². The highest BCUT2D eigenvalue weighted by Crippen LogP contribution is 2.50. The summed E-state index contributed by atoms with van der Waals surface area (Å²) in [5.74, 6) is 2.92. The van der Waals surface area contributed by atoms with Crippen molar-refractivity contribution >= 4 is 10.8 Å². The van der Waals surface area contributed by atoms with Gasteiger partial charge in [-0.15, -0.1) is 0 Å². The molecular weight excluding hydrogens is 254 g/mol. The number of rotatable bonds is 4. The summed E-state index contributed by atoms with van der Waals surface area (Å²) >= 11 is 0. The molecule has 2 fully saturated rings. The largest absolute Gasteiger partial charge is 0.316 e. The summed E-state index contributed by atoms with van der Waals surface area (Å²) in [5.41, 5.74) is 1.51. The van der Waals surface area contributed by atoms with Crippen LogP contribution in [0.4, 0.5) is 0 Å². The molecule has 1 heteroatoms. The average Bonchev–Trinajstić information content (AvgIpc) is 3.15. The lowest BCUT2D eigenvalue weighted by molar-refractivity contribution is 0.256. The number of benzene rings is 2. The van der Waals surface area contributed by atoms with Crippen molar-refractivity contribution in [1.29, 1.82) is 0 Å². The molecular formula is C20H25N. The Morgan fingerprint density at radius 1 is 1.05 bits per heavy atom. The molecule has 2 saturated carbocycles. The molecule has 0 amide bonds. The monoisotopic (exact) mass is 279 g/mol. The zero-order valence-corrected chi connectivity index (χ0v) is 12.9. The molecule has 0 radical (unpaired) electrons. The number of hydrogen-bond acceptors (Lipinski definition) is 1. The van der Waals surface area contributed by atoms with Gasteiger partial charge in [-0.2, -0.15) is 0 Å². The zero-order chi connectivity index (χ0) is 14.2. The van der Waals surface area contributed by atoms with E-state index in [4.69, 9.17) is 0 Å². The van der Waals surface area contributed by atoms with Crippen molar-refractivity contribution < 1.29 is 0 Å². The van der Waals surface area contributed by atoms with Gasteiger partial charge in [0.15, 0.2) is 0 Å². The van der Waals surface area contributed by atoms with Gasteiger partial charge in [0.2, 0.25) is 0 Å². The molecule has 0 spiro atoms. The molecule has 2 aliphatic carbocycles. The standard InChI is InChI=1S/C20H25N/c1-21-20(19-12-14-9-10-17(19)11-14)13-16-7-4-6-15-5-2-3-8-18(15)16/h2-8,14,17,19-21H,9-13H2,1H3. The SMILES string of the molecule is CNC(Cc1cccc2ccccc12)C1CC2CCC1C2. The number of nitrogens with one attached hydrogen (secondary N) is 1. The van der Waals surface area contributed by atoms with Crippen molar-refractivity contribution in [2.75, 3.05) is 7.05 Å². The van der Waals surface area contributed by atoms with Crippen molar-refractivity contribution in [1.82, 2.24) is 5.32 Å². The van der Waals surface area contributed by atoms with Gasteiger partial charge in [-0.05, 0) is 66.8 Å². The first kappa shape index (κ1) is 13.3. The van der Waals surface area contributed by atoms with Gasteiger partial charge >= 0.3 is 0 Å². The molecule has 2 aromatic rings. The van der Waals surface area contributed by atoms with E-state index in [1.807, 2.05) is 0 Å². The van der Waals surface area contributed by atoms with Crippen LogP contribution < -0.4 is 5.32 Å². The fourth-order valence-corrected chi connectivity index (χ4v) is 4.96. The Morgan fingerprint density at radius 2 is 1.90 bits per heavy atom. The molecule has 0 heterocycles. The second-order valence-corrected chi connectivity index (χ2v) is 7.08. The number of hydrogen-bond donors (Lipinski definition) is 1. The van der Waals surface area contributed by atoms with Gasteiger partial charge in [-0.25, -0.2) is 0 Å². The van der Waals surface area contributed by atoms with E-state index in [0.29, 0.717) is 6.04 Å². The van der Waals surface area contributed by atoms with Crippen LogP contribution in [0.3, 0.4) is 0 Å². The van der Waals surface area contributed by atoms with E-state index in [0.717, 1.165) is 17.8 Å². The van der Waals surface area contributed by atoms with Crippen molar-refractivity contribution in [3.8, 4) is 0 Å². The maximum Gasteiger partial charge on any atom is 0.0136 e. The Labute approximate surface area is 127 Å². The minimum atomic E-state index is 0.645. The Hall–Kier alpha value is -1.34. The third-order valence-corrected chi connectivity index (χ3v) is 6.00. The summed E-state index contributed by atoms with van der Waals surface area (Å²) in [6.45, 7) is 0. The third-order valence-electron chi connectivity index (χ3n) is 6.00. The molecule has 0 aromatic heterocycles. The Bertz CT molecular complexity index is 627. The summed E-state index contributed by atoms with van der Waals surface area (Å²) in [4.78, 5) is 0. The lowest BCUT2D eigenvalue weighted by Crippen LogP contribution is -2.38. The van der Waals surface area contributed by atoms with Gasteiger partial charge in [0.05, 0.1) is 0 Å². The summed E-state index contributed by atoms with van der Waals surface area (Å²) in [5, 5.41) is 6.45. The van der Waals surface area contributed by atoms with E-state index in [9.17, 15) is 0 Å². The fraction of sp³-hybridized carbons (Fsp3) is 0.500. The maximum absolute atomic E-state index is 3.64. The predicted molar refractivity (Wildman–Crippen MR) is 89.4 cm³/mol. The maximum atomic E-state index is 3.64. The molecule has 4 unspecified atom stereocenters. The van der Waals surface area contributed by atoms with Gasteiger partial charge in [0, 0.05) is 6.04 Å². The van der Waals surface area contributed by atoms with Crippen molar-refractivity contribution in [3.05, 3.63) is 48.0 Å². The van der Waals surface area contributed by atoms with Gasteiger partial charge in [0.1, 0.15) is 0 Å². The highest BCUT2D eigenvalue weighted by atomic mass is 14.9. The van der Waals surface area contributed by atoms with Crippen LogP contribution in [0.2, 0.25) is 0 Å². The highest BCUT2D eigenvalue weighted by Gasteiger charge is 2.42. The summed E-state index contributed by atoms with van der Waals surface area (Å²) < 4.78 is 0. The summed E-state index contributed by atoms with van der Waals surface area (Å²) in [6, 6.07) is 16.2. The minimum absolute atomic E-state index is 0.645. The normalized spacial score (nSPS) is 29.1. The van der Waals surface area contributed by atoms with Crippen molar-refractivity contribution in [2.24, 2.45) is 17.8 Å². The van der Waals surface area contributed by atoms with Crippen LogP contribution in [0.1, 0.15) is 31.2 Å². The molecule has 2 aliphatic rings. The van der Waals surface area contributed by atoms with Gasteiger partial charge < -0.3 is 5.32 Å². The molecule has 2 bridgehead atoms. The molecule has 4 atom stereocenters. The van der Waals surface area contributed by atoms with Crippen LogP contribution in [-0.4, -0.2) is 13.1 Å². The Morgan fingerprint density at radius 3 is 2.67 bits per heavy atom. The Kier molecular flexibility index (Phi) is 3.46. The minimum Gasteiger partial charge on any atom is -0.316 e. The van der Waals surface area contributed by atoms with Crippen molar-refractivity contribution in [2.45, 2.75) is 38.1 Å². The molecule has 2 aromatic carbocycles. The van der Waals surface area contributed by atoms with E-state index in [-0.39, 0.29) is 0 Å². The summed E-state index contributed by atoms with van der Waals surface area (Å²) in [7, 11) is 2.15. The molecule has 4 rings (SSSR count). The van der Waals surface area contributed by atoms with Crippen LogP contribution in [0.15, 0.2) is 42.5 Å². The average molecular weight is 279 g/mol. The predicted octanol–water partition coefficient (Wildman–Crippen LogP) is 4.41. The molecule has 21 heavy (non-hydrogen) atoms. The quantitative estimate of drug-likeness (QED) is 0.874. The van der Waals surface area contributed by atoms with Crippen LogP contribution >= 0.6 is 0 Å². The van der Waals surface area contributed by atoms with Crippen LogP contribution in [0.5, 0.6) is 0 Å². The second kappa shape index (κ2) is 5.46. The van der Waals surface area contributed by atoms with E-state index in [1.54, 1.807) is 0 Å². The number of likely N-dealkylation sites (N-methyl/N-ethyl adjacent to an activating group) is 1. The lowest BCUT2D eigenvalue weighted by Gasteiger charge is -2.30. The third kappa shape index (κ3) is 2.38. The fourth-order valence-electron chi connectivity index (χ4n) is 4.96. The van der Waals surface area contributed by atoms with Gasteiger partial charge in [0.25, 0.3) is 0 Å². The van der Waals surface area contributed by atoms with Crippen LogP contribution in [0.25, 0.3) is 10.8 Å². The smallest absolute Gasteiger partial charge is 0.0136 e. The molecule has 0 saturated heterocycles. The lowest BCUT2D eigenvalue weighted by atomic mass is 9.80. The van der Waals surface area contributed by atoms with Crippen LogP contribution in [-0.2, 0) is 6.42 Å². The Balaban J connectivity index is 1.61. The van der Waals surface area contributed by atoms with E-state index < -0.39 is 0 Å². The number of fused-ring (bicyclic) bond motifs is 3. The van der Waals surface area contributed by atoms with E-state index >= 15 is 0 Å². The molecule has 1 N–H and O–H groups in total. The zero-order valence-electron chi connectivity index (χ0n) is 12.9. The van der Waals surface area contributed by atoms with Crippen LogP contribution in [0, 0.1) is 17.8 Å². The first-order chi connectivity index (χ1) is 10.3. The highest BCUT2D eigenvalue weighted by molar-refractivity contribution is 5.85. The topological polar surface area (TPSA) is 12.0 Å². The molecule has 110 valence electrons. The van der Waals surface area contributed by atoms with Gasteiger partial charge in [-0.3, -0.25) is 0 Å². The first-order valence-electron chi connectivity index (χ1n) is 8.49. The second-order valence-electron chi connectivity index (χ2n) is 7.08.